The van der Waals surface area contributed by atoms with Crippen molar-refractivity contribution >= 4 is 17.6 Å². The van der Waals surface area contributed by atoms with Gasteiger partial charge in [-0.05, 0) is 42.5 Å². The Morgan fingerprint density at radius 1 is 0.850 bits per heavy atom. The van der Waals surface area contributed by atoms with Crippen molar-refractivity contribution < 1.29 is 24.5 Å². The Kier molecular flexibility index (Phi) is 3.56. The van der Waals surface area contributed by atoms with Gasteiger partial charge in [-0.15, -0.1) is 0 Å². The van der Waals surface area contributed by atoms with Crippen molar-refractivity contribution in [3.05, 3.63) is 53.6 Å². The standard InChI is InChI=1S/C14H11NO5/c15-8-1-3-9(4-2-8)20-10-5-6-11(13(16)17)12(7-10)14(18)19/h1-7H,15H2,(H,16,17)(H,18,19). The van der Waals surface area contributed by atoms with E-state index >= 15 is 0 Å². The van der Waals surface area contributed by atoms with Gasteiger partial charge in [-0.25, -0.2) is 9.59 Å². The van der Waals surface area contributed by atoms with Crippen LogP contribution in [0.2, 0.25) is 0 Å². The zero-order valence-electron chi connectivity index (χ0n) is 10.2. The van der Waals surface area contributed by atoms with Gasteiger partial charge in [0, 0.05) is 5.69 Å². The van der Waals surface area contributed by atoms with Crippen LogP contribution in [0, 0.1) is 0 Å². The van der Waals surface area contributed by atoms with Crippen molar-refractivity contribution in [3.8, 4) is 11.5 Å². The first-order valence-electron chi connectivity index (χ1n) is 5.61. The summed E-state index contributed by atoms with van der Waals surface area (Å²) in [5.41, 5.74) is 5.49. The molecule has 2 aromatic rings. The molecule has 0 aliphatic rings. The number of carboxylic acids is 2. The first kappa shape index (κ1) is 13.4. The van der Waals surface area contributed by atoms with Gasteiger partial charge in [0.25, 0.3) is 0 Å². The first-order chi connectivity index (χ1) is 9.47. The lowest BCUT2D eigenvalue weighted by atomic mass is 10.1. The van der Waals surface area contributed by atoms with E-state index in [1.807, 2.05) is 0 Å². The number of anilines is 1. The first-order valence-corrected chi connectivity index (χ1v) is 5.61. The minimum atomic E-state index is -1.33. The number of carbonyl (C=O) groups is 2. The van der Waals surface area contributed by atoms with E-state index in [4.69, 9.17) is 20.7 Å². The van der Waals surface area contributed by atoms with Gasteiger partial charge in [-0.2, -0.15) is 0 Å². The van der Waals surface area contributed by atoms with Gasteiger partial charge in [0.05, 0.1) is 11.1 Å². The molecule has 6 heteroatoms. The van der Waals surface area contributed by atoms with Crippen molar-refractivity contribution in [2.24, 2.45) is 0 Å². The van der Waals surface area contributed by atoms with Gasteiger partial charge in [-0.1, -0.05) is 0 Å². The smallest absolute Gasteiger partial charge is 0.336 e. The van der Waals surface area contributed by atoms with Gasteiger partial charge < -0.3 is 20.7 Å². The largest absolute Gasteiger partial charge is 0.478 e. The summed E-state index contributed by atoms with van der Waals surface area (Å²) >= 11 is 0. The Hall–Kier alpha value is -3.02. The number of aromatic carboxylic acids is 2. The zero-order valence-corrected chi connectivity index (χ0v) is 10.2. The average molecular weight is 273 g/mol. The predicted molar refractivity (Wildman–Crippen MR) is 71.3 cm³/mol. The second-order valence-corrected chi connectivity index (χ2v) is 3.99. The molecule has 4 N–H and O–H groups in total. The summed E-state index contributed by atoms with van der Waals surface area (Å²) in [7, 11) is 0. The van der Waals surface area contributed by atoms with Crippen molar-refractivity contribution in [1.29, 1.82) is 0 Å². The maximum atomic E-state index is 11.0. The molecule has 0 saturated heterocycles. The molecule has 0 fully saturated rings. The summed E-state index contributed by atoms with van der Waals surface area (Å²) in [6, 6.07) is 10.3. The number of benzene rings is 2. The summed E-state index contributed by atoms with van der Waals surface area (Å²) in [6.07, 6.45) is 0. The molecule has 0 unspecified atom stereocenters. The van der Waals surface area contributed by atoms with Crippen molar-refractivity contribution in [3.63, 3.8) is 0 Å². The molecule has 0 atom stereocenters. The molecule has 102 valence electrons. The van der Waals surface area contributed by atoms with Gasteiger partial charge >= 0.3 is 11.9 Å². The molecule has 6 nitrogen and oxygen atoms in total. The Balaban J connectivity index is 2.34. The Labute approximate surface area is 114 Å². The molecule has 0 radical (unpaired) electrons. The second kappa shape index (κ2) is 5.31. The third-order valence-electron chi connectivity index (χ3n) is 2.57. The summed E-state index contributed by atoms with van der Waals surface area (Å²) in [5.74, 6) is -1.93. The number of carboxylic acid groups (broad SMARTS) is 2. The molecule has 0 bridgehead atoms. The molecular formula is C14H11NO5. The fourth-order valence-electron chi connectivity index (χ4n) is 1.62. The Bertz CT molecular complexity index is 664. The Morgan fingerprint density at radius 2 is 1.40 bits per heavy atom. The highest BCUT2D eigenvalue weighted by Gasteiger charge is 2.16. The normalized spacial score (nSPS) is 10.0. The summed E-state index contributed by atoms with van der Waals surface area (Å²) < 4.78 is 5.45. The lowest BCUT2D eigenvalue weighted by Crippen LogP contribution is -2.07. The van der Waals surface area contributed by atoms with Gasteiger partial charge in [0.15, 0.2) is 0 Å². The molecule has 0 aliphatic heterocycles. The minimum Gasteiger partial charge on any atom is -0.478 e. The molecule has 20 heavy (non-hydrogen) atoms. The van der Waals surface area contributed by atoms with Crippen LogP contribution in [0.1, 0.15) is 20.7 Å². The molecule has 0 aliphatic carbocycles. The van der Waals surface area contributed by atoms with E-state index in [-0.39, 0.29) is 16.9 Å². The van der Waals surface area contributed by atoms with Crippen LogP contribution in [0.5, 0.6) is 11.5 Å². The van der Waals surface area contributed by atoms with Crippen molar-refractivity contribution in [2.45, 2.75) is 0 Å². The summed E-state index contributed by atoms with van der Waals surface area (Å²) in [5, 5.41) is 17.9. The van der Waals surface area contributed by atoms with E-state index in [0.717, 1.165) is 0 Å². The number of nitrogen functional groups attached to an aromatic ring is 1. The molecule has 0 aromatic heterocycles. The highest BCUT2D eigenvalue weighted by atomic mass is 16.5. The van der Waals surface area contributed by atoms with E-state index < -0.39 is 11.9 Å². The van der Waals surface area contributed by atoms with E-state index in [1.165, 1.54) is 18.2 Å². The number of rotatable bonds is 4. The molecule has 0 saturated carbocycles. The van der Waals surface area contributed by atoms with E-state index in [1.54, 1.807) is 24.3 Å². The molecule has 2 aromatic carbocycles. The predicted octanol–water partition coefficient (Wildman–Crippen LogP) is 2.46. The SMILES string of the molecule is Nc1ccc(Oc2ccc(C(=O)O)c(C(=O)O)c2)cc1. The summed E-state index contributed by atoms with van der Waals surface area (Å²) in [4.78, 5) is 22.0. The average Bonchev–Trinajstić information content (AvgIpc) is 2.41. The van der Waals surface area contributed by atoms with Gasteiger partial charge in [0.1, 0.15) is 11.5 Å². The third kappa shape index (κ3) is 2.86. The van der Waals surface area contributed by atoms with Crippen molar-refractivity contribution in [2.75, 3.05) is 5.73 Å². The van der Waals surface area contributed by atoms with Crippen molar-refractivity contribution in [1.82, 2.24) is 0 Å². The Morgan fingerprint density at radius 3 is 1.95 bits per heavy atom. The van der Waals surface area contributed by atoms with Crippen LogP contribution in [0.4, 0.5) is 5.69 Å². The van der Waals surface area contributed by atoms with Crippen LogP contribution in [0.3, 0.4) is 0 Å². The molecular weight excluding hydrogens is 262 g/mol. The molecule has 0 heterocycles. The van der Waals surface area contributed by atoms with Crippen LogP contribution < -0.4 is 10.5 Å². The maximum Gasteiger partial charge on any atom is 0.336 e. The van der Waals surface area contributed by atoms with Crippen LogP contribution >= 0.6 is 0 Å². The number of hydrogen-bond donors (Lipinski definition) is 3. The van der Waals surface area contributed by atoms with Crippen LogP contribution in [-0.4, -0.2) is 22.2 Å². The lowest BCUT2D eigenvalue weighted by Gasteiger charge is -2.08. The maximum absolute atomic E-state index is 11.0. The fourth-order valence-corrected chi connectivity index (χ4v) is 1.62. The molecule has 0 amide bonds. The quantitative estimate of drug-likeness (QED) is 0.738. The van der Waals surface area contributed by atoms with E-state index in [2.05, 4.69) is 0 Å². The number of nitrogens with two attached hydrogens (primary N) is 1. The van der Waals surface area contributed by atoms with Crippen LogP contribution in [-0.2, 0) is 0 Å². The minimum absolute atomic E-state index is 0.233. The molecule has 0 spiro atoms. The zero-order chi connectivity index (χ0) is 14.7. The lowest BCUT2D eigenvalue weighted by molar-refractivity contribution is 0.0651. The molecule has 2 rings (SSSR count). The third-order valence-corrected chi connectivity index (χ3v) is 2.57. The fraction of sp³-hybridized carbons (Fsp3) is 0. The number of ether oxygens (including phenoxy) is 1. The second-order valence-electron chi connectivity index (χ2n) is 3.99. The topological polar surface area (TPSA) is 110 Å². The van der Waals surface area contributed by atoms with Gasteiger partial charge in [-0.3, -0.25) is 0 Å². The highest BCUT2D eigenvalue weighted by molar-refractivity contribution is 6.02. The monoisotopic (exact) mass is 273 g/mol. The summed E-state index contributed by atoms with van der Waals surface area (Å²) in [6.45, 7) is 0. The highest BCUT2D eigenvalue weighted by Crippen LogP contribution is 2.25. The van der Waals surface area contributed by atoms with E-state index in [0.29, 0.717) is 11.4 Å². The van der Waals surface area contributed by atoms with Crippen LogP contribution in [0.25, 0.3) is 0 Å². The van der Waals surface area contributed by atoms with Gasteiger partial charge in [0.2, 0.25) is 0 Å². The number of hydrogen-bond acceptors (Lipinski definition) is 4. The van der Waals surface area contributed by atoms with E-state index in [9.17, 15) is 9.59 Å². The van der Waals surface area contributed by atoms with Crippen LogP contribution in [0.15, 0.2) is 42.5 Å².